The summed E-state index contributed by atoms with van der Waals surface area (Å²) in [6, 6.07) is 6.12. The van der Waals surface area contributed by atoms with E-state index in [9.17, 15) is 0 Å². The van der Waals surface area contributed by atoms with Crippen molar-refractivity contribution in [1.29, 1.82) is 0 Å². The van der Waals surface area contributed by atoms with Gasteiger partial charge in [-0.3, -0.25) is 4.99 Å². The number of benzene rings is 1. The Morgan fingerprint density at radius 2 is 2.05 bits per heavy atom. The number of amidine groups is 1. The van der Waals surface area contributed by atoms with Gasteiger partial charge in [-0.15, -0.1) is 0 Å². The van der Waals surface area contributed by atoms with Crippen LogP contribution in [0.15, 0.2) is 23.2 Å². The molecule has 1 heterocycles. The first-order valence-electron chi connectivity index (χ1n) is 6.65. The molecule has 1 aromatic carbocycles. The summed E-state index contributed by atoms with van der Waals surface area (Å²) in [5, 5.41) is 5.44. The normalized spacial score (nSPS) is 26.5. The Kier molecular flexibility index (Phi) is 4.25. The van der Waals surface area contributed by atoms with Crippen LogP contribution in [0.25, 0.3) is 0 Å². The van der Waals surface area contributed by atoms with Gasteiger partial charge in [0.2, 0.25) is 0 Å². The highest BCUT2D eigenvalue weighted by Crippen LogP contribution is 2.36. The van der Waals surface area contributed by atoms with Gasteiger partial charge in [-0.25, -0.2) is 0 Å². The maximum atomic E-state index is 6.19. The lowest BCUT2D eigenvalue weighted by atomic mass is 9.86. The van der Waals surface area contributed by atoms with E-state index in [0.717, 1.165) is 22.5 Å². The molecule has 2 aliphatic rings. The van der Waals surface area contributed by atoms with E-state index in [1.807, 2.05) is 12.1 Å². The third kappa shape index (κ3) is 3.04. The van der Waals surface area contributed by atoms with Crippen LogP contribution < -0.4 is 5.32 Å². The number of hydrogen-bond acceptors (Lipinski definition) is 3. The van der Waals surface area contributed by atoms with Gasteiger partial charge >= 0.3 is 0 Å². The maximum absolute atomic E-state index is 6.19. The molecule has 1 N–H and O–H groups in total. The van der Waals surface area contributed by atoms with E-state index < -0.39 is 0 Å². The predicted octanol–water partition coefficient (Wildman–Crippen LogP) is 5.07. The average Bonchev–Trinajstić information content (AvgIpc) is 2.44. The minimum Gasteiger partial charge on any atom is -0.334 e. The summed E-state index contributed by atoms with van der Waals surface area (Å²) in [4.78, 5) is 4.84. The monoisotopic (exact) mass is 314 g/mol. The lowest BCUT2D eigenvalue weighted by Crippen LogP contribution is -2.31. The third-order valence-electron chi connectivity index (χ3n) is 3.78. The van der Waals surface area contributed by atoms with Crippen LogP contribution in [0.1, 0.15) is 25.7 Å². The lowest BCUT2D eigenvalue weighted by Gasteiger charge is -2.32. The van der Waals surface area contributed by atoms with E-state index in [4.69, 9.17) is 28.2 Å². The van der Waals surface area contributed by atoms with Crippen molar-refractivity contribution in [3.63, 3.8) is 0 Å². The second-order valence-electron chi connectivity index (χ2n) is 5.08. The van der Waals surface area contributed by atoms with Gasteiger partial charge in [0, 0.05) is 5.75 Å². The fourth-order valence-corrected chi connectivity index (χ4v) is 4.21. The molecule has 3 rings (SSSR count). The summed E-state index contributed by atoms with van der Waals surface area (Å²) in [5.74, 6) is 1.92. The largest absolute Gasteiger partial charge is 0.334 e. The van der Waals surface area contributed by atoms with Gasteiger partial charge in [-0.2, -0.15) is 0 Å². The Bertz CT molecular complexity index is 504. The number of aliphatic imine (C=N–C) groups is 1. The summed E-state index contributed by atoms with van der Waals surface area (Å²) in [6.45, 7) is 0. The Labute approximate surface area is 128 Å². The summed E-state index contributed by atoms with van der Waals surface area (Å²) in [7, 11) is 0. The molecule has 0 aromatic heterocycles. The topological polar surface area (TPSA) is 24.4 Å². The molecule has 0 bridgehead atoms. The smallest absolute Gasteiger partial charge is 0.161 e. The van der Waals surface area contributed by atoms with Crippen LogP contribution in [0.4, 0.5) is 5.69 Å². The number of halogens is 2. The quantitative estimate of drug-likeness (QED) is 0.782. The first kappa shape index (κ1) is 13.6. The van der Waals surface area contributed by atoms with E-state index in [1.165, 1.54) is 25.7 Å². The second kappa shape index (κ2) is 5.94. The fourth-order valence-electron chi connectivity index (χ4n) is 2.71. The predicted molar refractivity (Wildman–Crippen MR) is 85.7 cm³/mol. The molecule has 2 unspecified atom stereocenters. The summed E-state index contributed by atoms with van der Waals surface area (Å²) in [5.41, 5.74) is 0.842. The number of rotatable bonds is 1. The van der Waals surface area contributed by atoms with Crippen molar-refractivity contribution in [2.45, 2.75) is 31.7 Å². The minimum atomic E-state index is 0.496. The molecule has 0 spiro atoms. The van der Waals surface area contributed by atoms with Gasteiger partial charge in [0.25, 0.3) is 0 Å². The van der Waals surface area contributed by atoms with E-state index in [-0.39, 0.29) is 0 Å². The Morgan fingerprint density at radius 1 is 1.21 bits per heavy atom. The molecule has 102 valence electrons. The van der Waals surface area contributed by atoms with Gasteiger partial charge < -0.3 is 5.32 Å². The average molecular weight is 315 g/mol. The third-order valence-corrected chi connectivity index (χ3v) is 5.67. The highest BCUT2D eigenvalue weighted by atomic mass is 35.5. The summed E-state index contributed by atoms with van der Waals surface area (Å²) in [6.07, 6.45) is 5.21. The van der Waals surface area contributed by atoms with Crippen LogP contribution in [0.3, 0.4) is 0 Å². The SMILES string of the molecule is Clc1cccc(NC2=NC3CCCCC3CS2)c1Cl. The zero-order valence-corrected chi connectivity index (χ0v) is 12.9. The lowest BCUT2D eigenvalue weighted by molar-refractivity contribution is 0.336. The van der Waals surface area contributed by atoms with Crippen molar-refractivity contribution in [3.8, 4) is 0 Å². The number of nitrogens with one attached hydrogen (secondary N) is 1. The molecule has 1 aliphatic carbocycles. The molecular formula is C14H16Cl2N2S. The molecule has 1 aliphatic heterocycles. The van der Waals surface area contributed by atoms with E-state index in [1.54, 1.807) is 17.8 Å². The molecule has 5 heteroatoms. The molecule has 2 atom stereocenters. The van der Waals surface area contributed by atoms with E-state index in [2.05, 4.69) is 5.32 Å². The standard InChI is InChI=1S/C14H16Cl2N2S/c15-10-5-3-7-12(13(10)16)18-14-17-11-6-2-1-4-9(11)8-19-14/h3,5,7,9,11H,1-2,4,6,8H2,(H,17,18). The van der Waals surface area contributed by atoms with Crippen LogP contribution in [0.2, 0.25) is 10.0 Å². The van der Waals surface area contributed by atoms with Crippen molar-refractivity contribution < 1.29 is 0 Å². The van der Waals surface area contributed by atoms with Gasteiger partial charge in [0.05, 0.1) is 21.8 Å². The first-order chi connectivity index (χ1) is 9.24. The van der Waals surface area contributed by atoms with Crippen LogP contribution in [-0.2, 0) is 0 Å². The van der Waals surface area contributed by atoms with Crippen molar-refractivity contribution in [2.75, 3.05) is 11.1 Å². The van der Waals surface area contributed by atoms with Crippen molar-refractivity contribution in [2.24, 2.45) is 10.9 Å². The Hall–Kier alpha value is -0.380. The summed E-state index contributed by atoms with van der Waals surface area (Å²) >= 11 is 14.0. The molecule has 1 saturated carbocycles. The second-order valence-corrected chi connectivity index (χ2v) is 6.88. The van der Waals surface area contributed by atoms with E-state index in [0.29, 0.717) is 16.1 Å². The number of nitrogens with zero attached hydrogens (tertiary/aromatic N) is 1. The molecule has 0 amide bonds. The molecule has 19 heavy (non-hydrogen) atoms. The Balaban J connectivity index is 1.76. The zero-order chi connectivity index (χ0) is 13.2. The van der Waals surface area contributed by atoms with Gasteiger partial charge in [-0.05, 0) is 30.9 Å². The number of fused-ring (bicyclic) bond motifs is 1. The fraction of sp³-hybridized carbons (Fsp3) is 0.500. The highest BCUT2D eigenvalue weighted by Gasteiger charge is 2.29. The molecule has 0 saturated heterocycles. The maximum Gasteiger partial charge on any atom is 0.161 e. The Morgan fingerprint density at radius 3 is 2.95 bits per heavy atom. The number of anilines is 1. The van der Waals surface area contributed by atoms with Gasteiger partial charge in [0.1, 0.15) is 0 Å². The van der Waals surface area contributed by atoms with Crippen LogP contribution in [0.5, 0.6) is 0 Å². The van der Waals surface area contributed by atoms with Crippen LogP contribution in [-0.4, -0.2) is 17.0 Å². The van der Waals surface area contributed by atoms with Crippen LogP contribution >= 0.6 is 35.0 Å². The molecule has 0 radical (unpaired) electrons. The molecular weight excluding hydrogens is 299 g/mol. The number of hydrogen-bond donors (Lipinski definition) is 1. The van der Waals surface area contributed by atoms with Crippen molar-refractivity contribution >= 4 is 45.8 Å². The van der Waals surface area contributed by atoms with Crippen molar-refractivity contribution in [3.05, 3.63) is 28.2 Å². The van der Waals surface area contributed by atoms with Crippen molar-refractivity contribution in [1.82, 2.24) is 0 Å². The highest BCUT2D eigenvalue weighted by molar-refractivity contribution is 8.14. The number of thioether (sulfide) groups is 1. The van der Waals surface area contributed by atoms with E-state index >= 15 is 0 Å². The van der Waals surface area contributed by atoms with Crippen LogP contribution in [0, 0.1) is 5.92 Å². The summed E-state index contributed by atoms with van der Waals surface area (Å²) < 4.78 is 0. The molecule has 1 fully saturated rings. The van der Waals surface area contributed by atoms with Gasteiger partial charge in [-0.1, -0.05) is 53.9 Å². The molecule has 1 aromatic rings. The minimum absolute atomic E-state index is 0.496. The molecule has 2 nitrogen and oxygen atoms in total. The first-order valence-corrected chi connectivity index (χ1v) is 8.40. The zero-order valence-electron chi connectivity index (χ0n) is 10.5. The van der Waals surface area contributed by atoms with Gasteiger partial charge in [0.15, 0.2) is 5.17 Å².